The number of aliphatic hydroxyl groups is 2. The molecule has 0 spiro atoms. The summed E-state index contributed by atoms with van der Waals surface area (Å²) < 4.78 is 1.05. The van der Waals surface area contributed by atoms with Crippen LogP contribution in [0.2, 0.25) is 0 Å². The van der Waals surface area contributed by atoms with Crippen molar-refractivity contribution < 1.29 is 10.2 Å². The smallest absolute Gasteiger partial charge is 0.0895 e. The van der Waals surface area contributed by atoms with Gasteiger partial charge in [0.2, 0.25) is 0 Å². The van der Waals surface area contributed by atoms with Gasteiger partial charge in [-0.3, -0.25) is 0 Å². The second-order valence-corrected chi connectivity index (χ2v) is 3.91. The molecule has 1 unspecified atom stereocenters. The van der Waals surface area contributed by atoms with Crippen LogP contribution in [0, 0.1) is 0 Å². The molecule has 0 fully saturated rings. The van der Waals surface area contributed by atoms with Crippen molar-refractivity contribution in [1.29, 1.82) is 0 Å². The first-order valence-electron chi connectivity index (χ1n) is 4.47. The molecule has 0 saturated heterocycles. The van der Waals surface area contributed by atoms with E-state index in [2.05, 4.69) is 21.2 Å². The Morgan fingerprint density at radius 2 is 2.07 bits per heavy atom. The molecule has 3 nitrogen and oxygen atoms in total. The molecule has 0 saturated carbocycles. The van der Waals surface area contributed by atoms with E-state index in [1.54, 1.807) is 0 Å². The Morgan fingerprint density at radius 1 is 1.36 bits per heavy atom. The predicted octanol–water partition coefficient (Wildman–Crippen LogP) is 0.892. The van der Waals surface area contributed by atoms with E-state index in [0.29, 0.717) is 13.1 Å². The topological polar surface area (TPSA) is 52.5 Å². The van der Waals surface area contributed by atoms with Gasteiger partial charge in [-0.05, 0) is 11.6 Å². The van der Waals surface area contributed by atoms with Gasteiger partial charge in [0.15, 0.2) is 0 Å². The zero-order valence-electron chi connectivity index (χ0n) is 7.78. The summed E-state index contributed by atoms with van der Waals surface area (Å²) in [6.45, 7) is 0.874. The lowest BCUT2D eigenvalue weighted by Gasteiger charge is -2.09. The van der Waals surface area contributed by atoms with Gasteiger partial charge in [0.05, 0.1) is 12.7 Å². The van der Waals surface area contributed by atoms with Crippen molar-refractivity contribution in [2.75, 3.05) is 13.2 Å². The normalized spacial score (nSPS) is 12.8. The molecule has 0 aliphatic carbocycles. The minimum absolute atomic E-state index is 0.205. The van der Waals surface area contributed by atoms with Crippen molar-refractivity contribution in [3.05, 3.63) is 34.3 Å². The molecule has 0 aromatic heterocycles. The van der Waals surface area contributed by atoms with E-state index in [-0.39, 0.29) is 6.61 Å². The maximum Gasteiger partial charge on any atom is 0.0895 e. The van der Waals surface area contributed by atoms with Crippen LogP contribution >= 0.6 is 15.9 Å². The van der Waals surface area contributed by atoms with Crippen molar-refractivity contribution in [2.45, 2.75) is 12.6 Å². The summed E-state index contributed by atoms with van der Waals surface area (Å²) in [5.41, 5.74) is 1.14. The molecule has 0 amide bonds. The number of benzene rings is 1. The largest absolute Gasteiger partial charge is 0.394 e. The summed E-state index contributed by atoms with van der Waals surface area (Å²) in [5.74, 6) is 0. The van der Waals surface area contributed by atoms with E-state index in [4.69, 9.17) is 10.2 Å². The van der Waals surface area contributed by atoms with Gasteiger partial charge in [0.25, 0.3) is 0 Å². The van der Waals surface area contributed by atoms with Crippen molar-refractivity contribution in [3.63, 3.8) is 0 Å². The fourth-order valence-corrected chi connectivity index (χ4v) is 1.50. The van der Waals surface area contributed by atoms with Gasteiger partial charge in [0, 0.05) is 17.6 Å². The molecule has 1 atom stereocenters. The summed E-state index contributed by atoms with van der Waals surface area (Å²) in [6, 6.07) is 7.89. The molecule has 0 aliphatic heterocycles. The zero-order valence-corrected chi connectivity index (χ0v) is 9.37. The number of rotatable bonds is 5. The summed E-state index contributed by atoms with van der Waals surface area (Å²) >= 11 is 3.43. The van der Waals surface area contributed by atoms with Crippen molar-refractivity contribution >= 4 is 15.9 Å². The van der Waals surface area contributed by atoms with Gasteiger partial charge in [-0.1, -0.05) is 34.1 Å². The van der Waals surface area contributed by atoms with Crippen molar-refractivity contribution in [2.24, 2.45) is 0 Å². The Kier molecular flexibility index (Phi) is 5.11. The van der Waals surface area contributed by atoms with Crippen LogP contribution in [0.5, 0.6) is 0 Å². The lowest BCUT2D eigenvalue weighted by atomic mass is 10.2. The number of hydrogen-bond donors (Lipinski definition) is 3. The van der Waals surface area contributed by atoms with Crippen molar-refractivity contribution in [1.82, 2.24) is 5.32 Å². The molecule has 0 radical (unpaired) electrons. The highest BCUT2D eigenvalue weighted by atomic mass is 79.9. The van der Waals surface area contributed by atoms with Crippen LogP contribution in [0.1, 0.15) is 5.56 Å². The van der Waals surface area contributed by atoms with Crippen LogP contribution in [0.3, 0.4) is 0 Å². The Morgan fingerprint density at radius 3 is 2.71 bits per heavy atom. The van der Waals surface area contributed by atoms with Crippen LogP contribution in [0.25, 0.3) is 0 Å². The quantitative estimate of drug-likeness (QED) is 0.737. The van der Waals surface area contributed by atoms with Gasteiger partial charge in [-0.2, -0.15) is 0 Å². The molecule has 1 rings (SSSR count). The summed E-state index contributed by atoms with van der Waals surface area (Å²) in [7, 11) is 0. The zero-order chi connectivity index (χ0) is 10.4. The second kappa shape index (κ2) is 6.14. The van der Waals surface area contributed by atoms with Crippen LogP contribution in [0.4, 0.5) is 0 Å². The molecule has 78 valence electrons. The fraction of sp³-hybridized carbons (Fsp3) is 0.400. The lowest BCUT2D eigenvalue weighted by Crippen LogP contribution is -2.28. The lowest BCUT2D eigenvalue weighted by molar-refractivity contribution is 0.0942. The SMILES string of the molecule is OCC(O)CNCc1ccccc1Br. The van der Waals surface area contributed by atoms with E-state index in [0.717, 1.165) is 10.0 Å². The standard InChI is InChI=1S/C10H14BrNO2/c11-10-4-2-1-3-8(10)5-12-6-9(14)7-13/h1-4,9,12-14H,5-7H2. The summed E-state index contributed by atoms with van der Waals surface area (Å²) in [5, 5.41) is 20.7. The number of halogens is 1. The van der Waals surface area contributed by atoms with Gasteiger partial charge < -0.3 is 15.5 Å². The maximum absolute atomic E-state index is 9.08. The monoisotopic (exact) mass is 259 g/mol. The molecule has 3 N–H and O–H groups in total. The Labute approximate surface area is 91.9 Å². The van der Waals surface area contributed by atoms with Crippen molar-refractivity contribution in [3.8, 4) is 0 Å². The Balaban J connectivity index is 2.35. The van der Waals surface area contributed by atoms with Crippen LogP contribution in [-0.4, -0.2) is 29.5 Å². The number of nitrogens with one attached hydrogen (secondary N) is 1. The van der Waals surface area contributed by atoms with Gasteiger partial charge in [-0.15, -0.1) is 0 Å². The third-order valence-corrected chi connectivity index (χ3v) is 2.64. The molecular weight excluding hydrogens is 246 g/mol. The second-order valence-electron chi connectivity index (χ2n) is 3.06. The Hall–Kier alpha value is -0.420. The number of hydrogen-bond acceptors (Lipinski definition) is 3. The minimum Gasteiger partial charge on any atom is -0.394 e. The van der Waals surface area contributed by atoms with Crippen LogP contribution in [-0.2, 0) is 6.54 Å². The third-order valence-electron chi connectivity index (χ3n) is 1.86. The first-order valence-corrected chi connectivity index (χ1v) is 5.26. The molecule has 0 bridgehead atoms. The van der Waals surface area contributed by atoms with E-state index in [1.165, 1.54) is 0 Å². The third kappa shape index (κ3) is 3.75. The highest BCUT2D eigenvalue weighted by molar-refractivity contribution is 9.10. The summed E-state index contributed by atoms with van der Waals surface area (Å²) in [6.07, 6.45) is -0.683. The molecular formula is C10H14BrNO2. The number of aliphatic hydroxyl groups excluding tert-OH is 2. The molecule has 0 heterocycles. The van der Waals surface area contributed by atoms with Gasteiger partial charge >= 0.3 is 0 Å². The highest BCUT2D eigenvalue weighted by Crippen LogP contribution is 2.15. The predicted molar refractivity (Wildman–Crippen MR) is 58.9 cm³/mol. The first kappa shape index (κ1) is 11.7. The molecule has 1 aromatic rings. The molecule has 1 aromatic carbocycles. The maximum atomic E-state index is 9.08. The Bertz CT molecular complexity index is 281. The van der Waals surface area contributed by atoms with Crippen LogP contribution < -0.4 is 5.32 Å². The molecule has 0 aliphatic rings. The minimum atomic E-state index is -0.683. The summed E-state index contributed by atoms with van der Waals surface area (Å²) in [4.78, 5) is 0. The van der Waals surface area contributed by atoms with Gasteiger partial charge in [0.1, 0.15) is 0 Å². The van der Waals surface area contributed by atoms with Crippen LogP contribution in [0.15, 0.2) is 28.7 Å². The van der Waals surface area contributed by atoms with E-state index < -0.39 is 6.10 Å². The fourth-order valence-electron chi connectivity index (χ4n) is 1.08. The molecule has 4 heteroatoms. The van der Waals surface area contributed by atoms with E-state index >= 15 is 0 Å². The van der Waals surface area contributed by atoms with Gasteiger partial charge in [-0.25, -0.2) is 0 Å². The molecule has 14 heavy (non-hydrogen) atoms. The average molecular weight is 260 g/mol. The highest BCUT2D eigenvalue weighted by Gasteiger charge is 2.01. The van der Waals surface area contributed by atoms with E-state index in [1.807, 2.05) is 24.3 Å². The average Bonchev–Trinajstić information content (AvgIpc) is 2.20. The first-order chi connectivity index (χ1) is 6.74. The van der Waals surface area contributed by atoms with E-state index in [9.17, 15) is 0 Å².